The minimum absolute atomic E-state index is 0.0729. The molecule has 0 aliphatic rings. The molecule has 126 valence electrons. The van der Waals surface area contributed by atoms with Crippen molar-refractivity contribution in [3.05, 3.63) is 90.0 Å². The van der Waals surface area contributed by atoms with Crippen molar-refractivity contribution in [1.29, 1.82) is 0 Å². The normalized spacial score (nSPS) is 10.5. The highest BCUT2D eigenvalue weighted by Gasteiger charge is 2.10. The van der Waals surface area contributed by atoms with Gasteiger partial charge in [-0.25, -0.2) is 8.78 Å². The van der Waals surface area contributed by atoms with E-state index in [2.05, 4.69) is 5.32 Å². The number of benzene rings is 3. The molecule has 2 nitrogen and oxygen atoms in total. The summed E-state index contributed by atoms with van der Waals surface area (Å²) in [5.74, 6) is -1.25. The number of aryl methyl sites for hydroxylation is 1. The van der Waals surface area contributed by atoms with Crippen molar-refractivity contribution in [2.75, 3.05) is 5.32 Å². The smallest absolute Gasteiger partial charge is 0.224 e. The second-order valence-electron chi connectivity index (χ2n) is 5.70. The summed E-state index contributed by atoms with van der Waals surface area (Å²) >= 11 is 0. The van der Waals surface area contributed by atoms with Gasteiger partial charge in [0.1, 0.15) is 11.6 Å². The molecule has 0 saturated carbocycles. The second-order valence-corrected chi connectivity index (χ2v) is 5.70. The van der Waals surface area contributed by atoms with Gasteiger partial charge in [0.25, 0.3) is 0 Å². The fraction of sp³-hybridized carbons (Fsp3) is 0.0952. The van der Waals surface area contributed by atoms with Crippen LogP contribution in [-0.4, -0.2) is 5.91 Å². The maximum absolute atomic E-state index is 13.6. The highest BCUT2D eigenvalue weighted by atomic mass is 19.1. The molecule has 0 aliphatic carbocycles. The fourth-order valence-electron chi connectivity index (χ4n) is 2.66. The standard InChI is InChI=1S/C21H17F2NO/c22-17-11-12-19(23)16(14-17)10-13-21(25)24-20-9-5-4-8-18(20)15-6-2-1-3-7-15/h1-9,11-12,14H,10,13H2,(H,24,25). The zero-order chi connectivity index (χ0) is 17.6. The minimum Gasteiger partial charge on any atom is -0.326 e. The molecule has 3 aromatic rings. The van der Waals surface area contributed by atoms with Gasteiger partial charge in [-0.2, -0.15) is 0 Å². The molecule has 0 radical (unpaired) electrons. The van der Waals surface area contributed by atoms with Crippen LogP contribution in [0.4, 0.5) is 14.5 Å². The molecule has 1 N–H and O–H groups in total. The molecule has 0 saturated heterocycles. The quantitative estimate of drug-likeness (QED) is 0.681. The summed E-state index contributed by atoms with van der Waals surface area (Å²) in [6, 6.07) is 20.5. The number of nitrogens with one attached hydrogen (secondary N) is 1. The Labute approximate surface area is 145 Å². The van der Waals surface area contributed by atoms with Crippen molar-refractivity contribution in [2.24, 2.45) is 0 Å². The molecule has 0 spiro atoms. The summed E-state index contributed by atoms with van der Waals surface area (Å²) in [5.41, 5.74) is 2.80. The molecule has 25 heavy (non-hydrogen) atoms. The Hall–Kier alpha value is -3.01. The zero-order valence-electron chi connectivity index (χ0n) is 13.5. The molecule has 0 fully saturated rings. The average Bonchev–Trinajstić information content (AvgIpc) is 2.64. The number of carbonyl (C=O) groups is 1. The van der Waals surface area contributed by atoms with Crippen molar-refractivity contribution >= 4 is 11.6 Å². The fourth-order valence-corrected chi connectivity index (χ4v) is 2.66. The van der Waals surface area contributed by atoms with E-state index in [1.165, 1.54) is 0 Å². The third-order valence-electron chi connectivity index (χ3n) is 3.92. The number of halogens is 2. The Kier molecular flexibility index (Phi) is 5.19. The van der Waals surface area contributed by atoms with Crippen LogP contribution in [0.5, 0.6) is 0 Å². The molecular formula is C21H17F2NO. The lowest BCUT2D eigenvalue weighted by molar-refractivity contribution is -0.116. The van der Waals surface area contributed by atoms with E-state index in [1.54, 1.807) is 0 Å². The van der Waals surface area contributed by atoms with E-state index in [4.69, 9.17) is 0 Å². The molecule has 0 aromatic heterocycles. The monoisotopic (exact) mass is 337 g/mol. The lowest BCUT2D eigenvalue weighted by atomic mass is 10.0. The van der Waals surface area contributed by atoms with Gasteiger partial charge in [-0.3, -0.25) is 4.79 Å². The van der Waals surface area contributed by atoms with Crippen molar-refractivity contribution in [3.63, 3.8) is 0 Å². The van der Waals surface area contributed by atoms with Crippen LogP contribution in [0.15, 0.2) is 72.8 Å². The van der Waals surface area contributed by atoms with Crippen LogP contribution >= 0.6 is 0 Å². The van der Waals surface area contributed by atoms with Crippen molar-refractivity contribution in [3.8, 4) is 11.1 Å². The summed E-state index contributed by atoms with van der Waals surface area (Å²) in [5, 5.41) is 2.86. The lowest BCUT2D eigenvalue weighted by Gasteiger charge is -2.11. The SMILES string of the molecule is O=C(CCc1cc(F)ccc1F)Nc1ccccc1-c1ccccc1. The Morgan fingerprint density at radius 1 is 0.880 bits per heavy atom. The van der Waals surface area contributed by atoms with E-state index in [-0.39, 0.29) is 24.3 Å². The maximum atomic E-state index is 13.6. The first-order chi connectivity index (χ1) is 12.1. The average molecular weight is 337 g/mol. The van der Waals surface area contributed by atoms with Crippen LogP contribution in [0, 0.1) is 11.6 Å². The largest absolute Gasteiger partial charge is 0.326 e. The topological polar surface area (TPSA) is 29.1 Å². The number of hydrogen-bond donors (Lipinski definition) is 1. The first-order valence-corrected chi connectivity index (χ1v) is 8.02. The van der Waals surface area contributed by atoms with Gasteiger partial charge in [0, 0.05) is 17.7 Å². The van der Waals surface area contributed by atoms with E-state index in [1.807, 2.05) is 54.6 Å². The predicted molar refractivity (Wildman–Crippen MR) is 95.2 cm³/mol. The Morgan fingerprint density at radius 2 is 1.60 bits per heavy atom. The first-order valence-electron chi connectivity index (χ1n) is 8.02. The molecule has 3 rings (SSSR count). The van der Waals surface area contributed by atoms with Gasteiger partial charge in [-0.05, 0) is 41.8 Å². The Balaban J connectivity index is 1.71. The second kappa shape index (κ2) is 7.71. The van der Waals surface area contributed by atoms with E-state index < -0.39 is 11.6 Å². The molecule has 3 aromatic carbocycles. The molecule has 0 heterocycles. The highest BCUT2D eigenvalue weighted by molar-refractivity contribution is 5.95. The molecule has 0 unspecified atom stereocenters. The van der Waals surface area contributed by atoms with Crippen LogP contribution in [0.2, 0.25) is 0 Å². The van der Waals surface area contributed by atoms with Gasteiger partial charge < -0.3 is 5.32 Å². The van der Waals surface area contributed by atoms with Gasteiger partial charge in [0.05, 0.1) is 0 Å². The summed E-state index contributed by atoms with van der Waals surface area (Å²) in [4.78, 5) is 12.2. The first kappa shape index (κ1) is 16.8. The van der Waals surface area contributed by atoms with Crippen LogP contribution in [0.3, 0.4) is 0 Å². The van der Waals surface area contributed by atoms with E-state index >= 15 is 0 Å². The third-order valence-corrected chi connectivity index (χ3v) is 3.92. The van der Waals surface area contributed by atoms with Crippen LogP contribution in [-0.2, 0) is 11.2 Å². The number of anilines is 1. The highest BCUT2D eigenvalue weighted by Crippen LogP contribution is 2.27. The van der Waals surface area contributed by atoms with Crippen LogP contribution in [0.1, 0.15) is 12.0 Å². The van der Waals surface area contributed by atoms with Crippen LogP contribution < -0.4 is 5.32 Å². The van der Waals surface area contributed by atoms with Crippen molar-refractivity contribution < 1.29 is 13.6 Å². The number of para-hydroxylation sites is 1. The summed E-state index contributed by atoms with van der Waals surface area (Å²) < 4.78 is 26.8. The maximum Gasteiger partial charge on any atom is 0.224 e. The van der Waals surface area contributed by atoms with Crippen molar-refractivity contribution in [2.45, 2.75) is 12.8 Å². The number of carbonyl (C=O) groups excluding carboxylic acids is 1. The van der Waals surface area contributed by atoms with Gasteiger partial charge in [-0.15, -0.1) is 0 Å². The molecule has 0 atom stereocenters. The van der Waals surface area contributed by atoms with Gasteiger partial charge in [0.2, 0.25) is 5.91 Å². The third kappa shape index (κ3) is 4.29. The van der Waals surface area contributed by atoms with Gasteiger partial charge in [-0.1, -0.05) is 48.5 Å². The number of hydrogen-bond acceptors (Lipinski definition) is 1. The molecular weight excluding hydrogens is 320 g/mol. The van der Waals surface area contributed by atoms with E-state index in [9.17, 15) is 13.6 Å². The van der Waals surface area contributed by atoms with E-state index in [0.717, 1.165) is 29.3 Å². The minimum atomic E-state index is -0.508. The molecule has 1 amide bonds. The summed E-state index contributed by atoms with van der Waals surface area (Å²) in [6.07, 6.45) is 0.215. The molecule has 4 heteroatoms. The Morgan fingerprint density at radius 3 is 2.40 bits per heavy atom. The van der Waals surface area contributed by atoms with E-state index in [0.29, 0.717) is 5.69 Å². The summed E-state index contributed by atoms with van der Waals surface area (Å²) in [7, 11) is 0. The summed E-state index contributed by atoms with van der Waals surface area (Å²) in [6.45, 7) is 0. The number of rotatable bonds is 5. The molecule has 0 aliphatic heterocycles. The van der Waals surface area contributed by atoms with Gasteiger partial charge >= 0.3 is 0 Å². The van der Waals surface area contributed by atoms with Gasteiger partial charge in [0.15, 0.2) is 0 Å². The lowest BCUT2D eigenvalue weighted by Crippen LogP contribution is -2.13. The van der Waals surface area contributed by atoms with Crippen molar-refractivity contribution in [1.82, 2.24) is 0 Å². The Bertz CT molecular complexity index is 878. The zero-order valence-corrected chi connectivity index (χ0v) is 13.5. The molecule has 0 bridgehead atoms. The predicted octanol–water partition coefficient (Wildman–Crippen LogP) is 5.20. The number of amides is 1. The van der Waals surface area contributed by atoms with Crippen LogP contribution in [0.25, 0.3) is 11.1 Å².